The fourth-order valence-corrected chi connectivity index (χ4v) is 3.73. The molecule has 1 aliphatic rings. The molecule has 0 aliphatic carbocycles. The fourth-order valence-electron chi connectivity index (χ4n) is 3.37. The van der Waals surface area contributed by atoms with E-state index in [2.05, 4.69) is 36.5 Å². The summed E-state index contributed by atoms with van der Waals surface area (Å²) < 4.78 is 2.62. The average Bonchev–Trinajstić information content (AvgIpc) is 3.21. The van der Waals surface area contributed by atoms with Crippen LogP contribution in [0.2, 0.25) is 0 Å². The van der Waals surface area contributed by atoms with Gasteiger partial charge in [-0.1, -0.05) is 46.3 Å². The quantitative estimate of drug-likeness (QED) is 0.423. The Morgan fingerprint density at radius 1 is 1.22 bits per heavy atom. The van der Waals surface area contributed by atoms with Gasteiger partial charge in [-0.3, -0.25) is 19.3 Å². The van der Waals surface area contributed by atoms with Crippen LogP contribution < -0.4 is 10.3 Å². The van der Waals surface area contributed by atoms with Crippen molar-refractivity contribution in [1.29, 1.82) is 0 Å². The van der Waals surface area contributed by atoms with Gasteiger partial charge in [0.05, 0.1) is 17.6 Å². The molecule has 162 valence electrons. The molecule has 3 aromatic rings. The van der Waals surface area contributed by atoms with Gasteiger partial charge in [0.1, 0.15) is 18.8 Å². The Morgan fingerprint density at radius 3 is 2.78 bits per heavy atom. The van der Waals surface area contributed by atoms with E-state index in [4.69, 9.17) is 0 Å². The summed E-state index contributed by atoms with van der Waals surface area (Å²) in [7, 11) is 0. The number of hydrazone groups is 1. The second-order valence-electron chi connectivity index (χ2n) is 7.06. The van der Waals surface area contributed by atoms with Crippen LogP contribution in [0.5, 0.6) is 0 Å². The third kappa shape index (κ3) is 4.83. The molecular formula is C23H21BrN6O2. The van der Waals surface area contributed by atoms with E-state index in [1.165, 1.54) is 11.1 Å². The van der Waals surface area contributed by atoms with Crippen LogP contribution in [-0.4, -0.2) is 46.6 Å². The van der Waals surface area contributed by atoms with Crippen LogP contribution >= 0.6 is 15.9 Å². The van der Waals surface area contributed by atoms with Gasteiger partial charge in [0, 0.05) is 28.3 Å². The molecule has 2 aromatic carbocycles. The molecule has 2 amide bonds. The number of halogens is 1. The number of rotatable bonds is 6. The van der Waals surface area contributed by atoms with E-state index in [9.17, 15) is 9.59 Å². The molecule has 1 aliphatic heterocycles. The molecule has 0 spiro atoms. The lowest BCUT2D eigenvalue weighted by Crippen LogP contribution is -2.40. The number of amides is 2. The van der Waals surface area contributed by atoms with Gasteiger partial charge in [-0.05, 0) is 31.2 Å². The summed E-state index contributed by atoms with van der Waals surface area (Å²) in [5.74, 6) is -0.679. The molecule has 1 N–H and O–H groups in total. The minimum Gasteiger partial charge on any atom is -0.301 e. The number of benzene rings is 2. The van der Waals surface area contributed by atoms with Gasteiger partial charge in [-0.25, -0.2) is 5.43 Å². The van der Waals surface area contributed by atoms with E-state index in [0.29, 0.717) is 17.1 Å². The molecule has 0 radical (unpaired) electrons. The van der Waals surface area contributed by atoms with Crippen molar-refractivity contribution in [2.75, 3.05) is 18.0 Å². The molecule has 9 heteroatoms. The third-order valence-corrected chi connectivity index (χ3v) is 5.39. The minimum atomic E-state index is -0.415. The molecule has 1 aromatic heterocycles. The molecule has 0 bridgehead atoms. The smallest absolute Gasteiger partial charge is 0.260 e. The zero-order valence-corrected chi connectivity index (χ0v) is 19.0. The standard InChI is InChI=1S/C23H21BrN6O2/c1-2-29-11-10-18(28-29)13-26-27-21(31)15-30-20-9-8-17(24)12-19(20)23(25-14-22(30)32)16-6-4-3-5-7-16/h3-13H,2,14-15H2,1H3,(H,27,31). The number of carbonyl (C=O) groups is 2. The number of aryl methyl sites for hydroxylation is 1. The van der Waals surface area contributed by atoms with E-state index in [1.54, 1.807) is 10.7 Å². The van der Waals surface area contributed by atoms with Crippen molar-refractivity contribution >= 4 is 45.4 Å². The second kappa shape index (κ2) is 9.69. The number of hydrogen-bond donors (Lipinski definition) is 1. The van der Waals surface area contributed by atoms with Crippen molar-refractivity contribution in [2.24, 2.45) is 10.1 Å². The Morgan fingerprint density at radius 2 is 2.03 bits per heavy atom. The Kier molecular flexibility index (Phi) is 6.55. The lowest BCUT2D eigenvalue weighted by molar-refractivity contribution is -0.123. The summed E-state index contributed by atoms with van der Waals surface area (Å²) in [5.41, 5.74) is 6.12. The van der Waals surface area contributed by atoms with Crippen molar-refractivity contribution in [3.05, 3.63) is 82.1 Å². The summed E-state index contributed by atoms with van der Waals surface area (Å²) >= 11 is 3.50. The molecule has 0 saturated heterocycles. The molecule has 8 nitrogen and oxygen atoms in total. The number of nitrogens with one attached hydrogen (secondary N) is 1. The van der Waals surface area contributed by atoms with E-state index in [-0.39, 0.29) is 19.0 Å². The van der Waals surface area contributed by atoms with Crippen LogP contribution in [0.4, 0.5) is 5.69 Å². The molecule has 0 atom stereocenters. The van der Waals surface area contributed by atoms with Crippen molar-refractivity contribution in [3.63, 3.8) is 0 Å². The lowest BCUT2D eigenvalue weighted by atomic mass is 10.0. The Labute approximate surface area is 193 Å². The van der Waals surface area contributed by atoms with Crippen LogP contribution in [0.25, 0.3) is 0 Å². The van der Waals surface area contributed by atoms with Crippen LogP contribution in [0.15, 0.2) is 75.4 Å². The van der Waals surface area contributed by atoms with Gasteiger partial charge in [-0.15, -0.1) is 0 Å². The molecule has 4 rings (SSSR count). The number of aliphatic imine (C=N–C) groups is 1. The summed E-state index contributed by atoms with van der Waals surface area (Å²) in [4.78, 5) is 31.4. The van der Waals surface area contributed by atoms with Gasteiger partial charge in [-0.2, -0.15) is 10.2 Å². The normalized spacial score (nSPS) is 13.6. The SMILES string of the molecule is CCn1ccc(C=NNC(=O)CN2C(=O)CN=C(c3ccccc3)c3cc(Br)ccc32)n1. The first-order chi connectivity index (χ1) is 15.5. The Hall–Kier alpha value is -3.59. The highest BCUT2D eigenvalue weighted by Crippen LogP contribution is 2.29. The monoisotopic (exact) mass is 492 g/mol. The number of benzodiazepines with no additional fused rings is 1. The van der Waals surface area contributed by atoms with Gasteiger partial charge in [0.15, 0.2) is 0 Å². The molecular weight excluding hydrogens is 472 g/mol. The molecule has 2 heterocycles. The first-order valence-corrected chi connectivity index (χ1v) is 10.9. The average molecular weight is 493 g/mol. The topological polar surface area (TPSA) is 92.0 Å². The third-order valence-electron chi connectivity index (χ3n) is 4.90. The maximum atomic E-state index is 12.9. The zero-order valence-electron chi connectivity index (χ0n) is 17.4. The van der Waals surface area contributed by atoms with Crippen molar-refractivity contribution in [1.82, 2.24) is 15.2 Å². The first-order valence-electron chi connectivity index (χ1n) is 10.1. The predicted octanol–water partition coefficient (Wildman–Crippen LogP) is 3.00. The van der Waals surface area contributed by atoms with E-state index in [0.717, 1.165) is 22.1 Å². The minimum absolute atomic E-state index is 0.0540. The van der Waals surface area contributed by atoms with Crippen molar-refractivity contribution in [3.8, 4) is 0 Å². The lowest BCUT2D eigenvalue weighted by Gasteiger charge is -2.22. The summed E-state index contributed by atoms with van der Waals surface area (Å²) in [6.07, 6.45) is 3.30. The van der Waals surface area contributed by atoms with E-state index in [1.807, 2.05) is 61.7 Å². The second-order valence-corrected chi connectivity index (χ2v) is 7.98. The van der Waals surface area contributed by atoms with Crippen LogP contribution in [0.3, 0.4) is 0 Å². The number of hydrogen-bond acceptors (Lipinski definition) is 5. The molecule has 0 unspecified atom stereocenters. The predicted molar refractivity (Wildman–Crippen MR) is 127 cm³/mol. The maximum Gasteiger partial charge on any atom is 0.260 e. The summed E-state index contributed by atoms with van der Waals surface area (Å²) in [6, 6.07) is 17.0. The Bertz CT molecular complexity index is 1200. The summed E-state index contributed by atoms with van der Waals surface area (Å²) in [5, 5.41) is 8.23. The van der Waals surface area contributed by atoms with E-state index < -0.39 is 5.91 Å². The summed E-state index contributed by atoms with van der Waals surface area (Å²) in [6.45, 7) is 2.50. The van der Waals surface area contributed by atoms with Gasteiger partial charge in [0.2, 0.25) is 5.91 Å². The number of carbonyl (C=O) groups excluding carboxylic acids is 2. The van der Waals surface area contributed by atoms with Crippen LogP contribution in [0, 0.1) is 0 Å². The van der Waals surface area contributed by atoms with Gasteiger partial charge < -0.3 is 4.90 Å². The Balaban J connectivity index is 1.55. The largest absolute Gasteiger partial charge is 0.301 e. The van der Waals surface area contributed by atoms with Crippen molar-refractivity contribution < 1.29 is 9.59 Å². The zero-order chi connectivity index (χ0) is 22.5. The molecule has 0 fully saturated rings. The number of fused-ring (bicyclic) bond motifs is 1. The van der Waals surface area contributed by atoms with Crippen molar-refractivity contribution in [2.45, 2.75) is 13.5 Å². The van der Waals surface area contributed by atoms with Gasteiger partial charge in [0.25, 0.3) is 5.91 Å². The number of nitrogens with zero attached hydrogens (tertiary/aromatic N) is 5. The molecule has 0 saturated carbocycles. The highest BCUT2D eigenvalue weighted by molar-refractivity contribution is 9.10. The highest BCUT2D eigenvalue weighted by Gasteiger charge is 2.27. The van der Waals surface area contributed by atoms with Crippen LogP contribution in [0.1, 0.15) is 23.7 Å². The fraction of sp³-hybridized carbons (Fsp3) is 0.174. The highest BCUT2D eigenvalue weighted by atomic mass is 79.9. The van der Waals surface area contributed by atoms with Crippen LogP contribution in [-0.2, 0) is 16.1 Å². The number of aromatic nitrogens is 2. The van der Waals surface area contributed by atoms with Gasteiger partial charge >= 0.3 is 0 Å². The molecule has 32 heavy (non-hydrogen) atoms. The first kappa shape index (κ1) is 21.6. The maximum absolute atomic E-state index is 12.9. The van der Waals surface area contributed by atoms with E-state index >= 15 is 0 Å². The number of anilines is 1.